The number of amides is 1. The quantitative estimate of drug-likeness (QED) is 0.532. The third-order valence-corrected chi connectivity index (χ3v) is 4.60. The van der Waals surface area contributed by atoms with E-state index in [4.69, 9.17) is 0 Å². The number of carbonyl (C=O) groups is 1. The summed E-state index contributed by atoms with van der Waals surface area (Å²) in [5.74, 6) is -0.190. The van der Waals surface area contributed by atoms with Crippen molar-refractivity contribution < 1.29 is 4.79 Å². The van der Waals surface area contributed by atoms with Crippen LogP contribution in [-0.4, -0.2) is 20.9 Å². The maximum Gasteiger partial charge on any atom is 0.248 e. The third kappa shape index (κ3) is 3.83. The van der Waals surface area contributed by atoms with Gasteiger partial charge in [0.15, 0.2) is 0 Å². The van der Waals surface area contributed by atoms with Crippen molar-refractivity contribution in [1.82, 2.24) is 15.0 Å². The Hall–Kier alpha value is -3.73. The minimum atomic E-state index is -0.190. The molecule has 0 bridgehead atoms. The van der Waals surface area contributed by atoms with Gasteiger partial charge < -0.3 is 5.32 Å². The number of fused-ring (bicyclic) bond motifs is 1. The van der Waals surface area contributed by atoms with E-state index in [-0.39, 0.29) is 5.91 Å². The highest BCUT2D eigenvalue weighted by Crippen LogP contribution is 2.19. The number of carbonyl (C=O) groups excluding carboxylic acids is 1. The van der Waals surface area contributed by atoms with E-state index in [2.05, 4.69) is 41.5 Å². The third-order valence-electron chi connectivity index (χ3n) is 4.60. The first-order valence-electron chi connectivity index (χ1n) is 9.07. The minimum absolute atomic E-state index is 0.190. The Morgan fingerprint density at radius 2 is 1.68 bits per heavy atom. The molecule has 0 saturated heterocycles. The van der Waals surface area contributed by atoms with Gasteiger partial charge in [-0.25, -0.2) is 0 Å². The van der Waals surface area contributed by atoms with E-state index in [0.29, 0.717) is 5.69 Å². The molecule has 138 valence electrons. The fourth-order valence-electron chi connectivity index (χ4n) is 2.88. The lowest BCUT2D eigenvalue weighted by Crippen LogP contribution is -2.07. The van der Waals surface area contributed by atoms with Gasteiger partial charge in [-0.2, -0.15) is 4.80 Å². The van der Waals surface area contributed by atoms with Gasteiger partial charge in [-0.1, -0.05) is 36.4 Å². The Labute approximate surface area is 163 Å². The minimum Gasteiger partial charge on any atom is -0.322 e. The van der Waals surface area contributed by atoms with Crippen molar-refractivity contribution in [3.05, 3.63) is 89.5 Å². The number of anilines is 1. The highest BCUT2D eigenvalue weighted by Gasteiger charge is 2.07. The molecule has 4 rings (SSSR count). The Morgan fingerprint density at radius 1 is 0.893 bits per heavy atom. The Kier molecular flexibility index (Phi) is 4.72. The maximum absolute atomic E-state index is 12.2. The molecule has 0 fully saturated rings. The van der Waals surface area contributed by atoms with Crippen LogP contribution in [0.2, 0.25) is 0 Å². The molecular weight excluding hydrogens is 348 g/mol. The topological polar surface area (TPSA) is 59.8 Å². The van der Waals surface area contributed by atoms with E-state index in [1.54, 1.807) is 10.9 Å². The molecule has 0 aliphatic heterocycles. The molecule has 0 aliphatic rings. The molecule has 5 nitrogen and oxygen atoms in total. The van der Waals surface area contributed by atoms with E-state index in [1.807, 2.05) is 54.6 Å². The van der Waals surface area contributed by atoms with Gasteiger partial charge in [0, 0.05) is 11.8 Å². The molecule has 1 N–H and O–H groups in total. The summed E-state index contributed by atoms with van der Waals surface area (Å²) >= 11 is 0. The molecule has 1 heterocycles. The smallest absolute Gasteiger partial charge is 0.248 e. The fraction of sp³-hybridized carbons (Fsp3) is 0.0870. The number of rotatable bonds is 4. The normalized spacial score (nSPS) is 11.2. The molecule has 5 heteroatoms. The van der Waals surface area contributed by atoms with Gasteiger partial charge in [-0.3, -0.25) is 4.79 Å². The SMILES string of the molecule is Cc1ccc(-n2nc3ccc(NC(=O)C=Cc4ccccc4)cc3n2)cc1C. The van der Waals surface area contributed by atoms with Crippen LogP contribution >= 0.6 is 0 Å². The molecule has 0 radical (unpaired) electrons. The first-order chi connectivity index (χ1) is 13.6. The number of aryl methyl sites for hydroxylation is 2. The monoisotopic (exact) mass is 368 g/mol. The Morgan fingerprint density at radius 3 is 2.46 bits per heavy atom. The summed E-state index contributed by atoms with van der Waals surface area (Å²) in [4.78, 5) is 13.8. The average molecular weight is 368 g/mol. The summed E-state index contributed by atoms with van der Waals surface area (Å²) in [7, 11) is 0. The van der Waals surface area contributed by atoms with Gasteiger partial charge in [-0.05, 0) is 66.9 Å². The van der Waals surface area contributed by atoms with Crippen LogP contribution in [0, 0.1) is 13.8 Å². The van der Waals surface area contributed by atoms with E-state index in [9.17, 15) is 4.79 Å². The van der Waals surface area contributed by atoms with Crippen LogP contribution in [0.3, 0.4) is 0 Å². The van der Waals surface area contributed by atoms with E-state index in [1.165, 1.54) is 17.2 Å². The van der Waals surface area contributed by atoms with Crippen LogP contribution in [0.5, 0.6) is 0 Å². The van der Waals surface area contributed by atoms with Crippen molar-refractivity contribution in [3.63, 3.8) is 0 Å². The van der Waals surface area contributed by atoms with Gasteiger partial charge >= 0.3 is 0 Å². The molecule has 28 heavy (non-hydrogen) atoms. The van der Waals surface area contributed by atoms with Crippen molar-refractivity contribution >= 4 is 28.7 Å². The molecular formula is C23H20N4O. The van der Waals surface area contributed by atoms with Crippen molar-refractivity contribution in [2.24, 2.45) is 0 Å². The standard InChI is InChI=1S/C23H20N4O/c1-16-8-11-20(14-17(16)2)27-25-21-12-10-19(15-22(21)26-27)24-23(28)13-9-18-6-4-3-5-7-18/h3-15H,1-2H3,(H,24,28). The lowest BCUT2D eigenvalue weighted by Gasteiger charge is -2.03. The summed E-state index contributed by atoms with van der Waals surface area (Å²) in [5.41, 5.74) is 6.49. The summed E-state index contributed by atoms with van der Waals surface area (Å²) in [6.07, 6.45) is 3.30. The largest absolute Gasteiger partial charge is 0.322 e. The average Bonchev–Trinajstić information content (AvgIpc) is 3.13. The fourth-order valence-corrected chi connectivity index (χ4v) is 2.88. The number of nitrogens with zero attached hydrogens (tertiary/aromatic N) is 3. The van der Waals surface area contributed by atoms with Gasteiger partial charge in [0.25, 0.3) is 0 Å². The van der Waals surface area contributed by atoms with Crippen LogP contribution in [0.1, 0.15) is 16.7 Å². The zero-order valence-corrected chi connectivity index (χ0v) is 15.8. The van der Waals surface area contributed by atoms with Crippen LogP contribution < -0.4 is 5.32 Å². The summed E-state index contributed by atoms with van der Waals surface area (Å²) < 4.78 is 0. The lowest BCUT2D eigenvalue weighted by molar-refractivity contribution is -0.111. The molecule has 0 unspecified atom stereocenters. The summed E-state index contributed by atoms with van der Waals surface area (Å²) in [6, 6.07) is 21.3. The van der Waals surface area contributed by atoms with Gasteiger partial charge in [-0.15, -0.1) is 10.2 Å². The van der Waals surface area contributed by atoms with Gasteiger partial charge in [0.2, 0.25) is 5.91 Å². The zero-order valence-electron chi connectivity index (χ0n) is 15.8. The molecule has 0 aliphatic carbocycles. The highest BCUT2D eigenvalue weighted by molar-refractivity contribution is 6.02. The van der Waals surface area contributed by atoms with Crippen LogP contribution in [0.15, 0.2) is 72.8 Å². The van der Waals surface area contributed by atoms with E-state index < -0.39 is 0 Å². The van der Waals surface area contributed by atoms with Crippen molar-refractivity contribution in [2.45, 2.75) is 13.8 Å². The van der Waals surface area contributed by atoms with Crippen molar-refractivity contribution in [1.29, 1.82) is 0 Å². The first-order valence-corrected chi connectivity index (χ1v) is 9.07. The van der Waals surface area contributed by atoms with Crippen LogP contribution in [-0.2, 0) is 4.79 Å². The second kappa shape index (κ2) is 7.48. The number of hydrogen-bond donors (Lipinski definition) is 1. The highest BCUT2D eigenvalue weighted by atomic mass is 16.1. The lowest BCUT2D eigenvalue weighted by atomic mass is 10.1. The maximum atomic E-state index is 12.2. The molecule has 1 aromatic heterocycles. The van der Waals surface area contributed by atoms with Crippen LogP contribution in [0.25, 0.3) is 22.8 Å². The number of hydrogen-bond acceptors (Lipinski definition) is 3. The Bertz CT molecular complexity index is 1180. The Balaban J connectivity index is 1.53. The first kappa shape index (κ1) is 17.7. The predicted octanol–water partition coefficient (Wildman–Crippen LogP) is 4.69. The zero-order chi connectivity index (χ0) is 19.5. The van der Waals surface area contributed by atoms with Crippen LogP contribution in [0.4, 0.5) is 5.69 Å². The molecule has 4 aromatic rings. The van der Waals surface area contributed by atoms with E-state index in [0.717, 1.165) is 22.3 Å². The van der Waals surface area contributed by atoms with Crippen molar-refractivity contribution in [2.75, 3.05) is 5.32 Å². The van der Waals surface area contributed by atoms with Gasteiger partial charge in [0.05, 0.1) is 5.69 Å². The second-order valence-corrected chi connectivity index (χ2v) is 6.69. The number of nitrogens with one attached hydrogen (secondary N) is 1. The molecule has 0 saturated carbocycles. The number of aromatic nitrogens is 3. The number of benzene rings is 3. The predicted molar refractivity (Wildman–Crippen MR) is 112 cm³/mol. The summed E-state index contributed by atoms with van der Waals surface area (Å²) in [6.45, 7) is 4.14. The summed E-state index contributed by atoms with van der Waals surface area (Å²) in [5, 5.41) is 11.9. The molecule has 0 spiro atoms. The second-order valence-electron chi connectivity index (χ2n) is 6.69. The molecule has 0 atom stereocenters. The molecule has 1 amide bonds. The van der Waals surface area contributed by atoms with E-state index >= 15 is 0 Å². The molecule has 3 aromatic carbocycles. The van der Waals surface area contributed by atoms with Crippen molar-refractivity contribution in [3.8, 4) is 5.69 Å². The van der Waals surface area contributed by atoms with Gasteiger partial charge in [0.1, 0.15) is 11.0 Å².